The second-order valence-electron chi connectivity index (χ2n) is 8.60. The molecule has 198 valence electrons. The van der Waals surface area contributed by atoms with Crippen LogP contribution >= 0.6 is 11.3 Å². The van der Waals surface area contributed by atoms with Gasteiger partial charge in [0.15, 0.2) is 6.10 Å². The molecule has 1 fully saturated rings. The number of alkyl halides is 3. The Labute approximate surface area is 213 Å². The lowest BCUT2D eigenvalue weighted by Crippen LogP contribution is -2.25. The Hall–Kier alpha value is -3.39. The maximum atomic E-state index is 14.3. The maximum absolute atomic E-state index is 14.3. The van der Waals surface area contributed by atoms with Crippen LogP contribution < -0.4 is 15.4 Å². The van der Waals surface area contributed by atoms with Crippen molar-refractivity contribution in [3.63, 3.8) is 0 Å². The van der Waals surface area contributed by atoms with Crippen molar-refractivity contribution >= 4 is 27.5 Å². The number of nitrogens with zero attached hydrogens (tertiary/aromatic N) is 4. The highest BCUT2D eigenvalue weighted by Gasteiger charge is 2.32. The third-order valence-electron chi connectivity index (χ3n) is 5.90. The molecule has 0 unspecified atom stereocenters. The van der Waals surface area contributed by atoms with Crippen LogP contribution in [-0.2, 0) is 9.53 Å². The highest BCUT2D eigenvalue weighted by Crippen LogP contribution is 2.34. The molecule has 1 saturated carbocycles. The van der Waals surface area contributed by atoms with Crippen LogP contribution in [0.15, 0.2) is 30.5 Å². The fourth-order valence-electron chi connectivity index (χ4n) is 4.19. The van der Waals surface area contributed by atoms with Crippen molar-refractivity contribution in [3.05, 3.63) is 53.1 Å². The fraction of sp³-hybridized carbons (Fsp3) is 0.435. The van der Waals surface area contributed by atoms with Crippen LogP contribution in [0.1, 0.15) is 54.5 Å². The van der Waals surface area contributed by atoms with E-state index in [2.05, 4.69) is 41.8 Å². The molecule has 0 spiro atoms. The zero-order valence-electron chi connectivity index (χ0n) is 19.9. The van der Waals surface area contributed by atoms with E-state index in [-0.39, 0.29) is 11.2 Å². The number of methoxy groups -OCH3 is 1. The average molecular weight is 541 g/mol. The molecule has 2 heterocycles. The summed E-state index contributed by atoms with van der Waals surface area (Å²) >= 11 is 1.08. The van der Waals surface area contributed by atoms with Gasteiger partial charge in [0.1, 0.15) is 11.6 Å². The molecule has 3 aromatic rings. The number of hydrogen-bond acceptors (Lipinski definition) is 9. The summed E-state index contributed by atoms with van der Waals surface area (Å²) < 4.78 is 60.8. The lowest BCUT2D eigenvalue weighted by Gasteiger charge is -2.28. The van der Waals surface area contributed by atoms with Crippen LogP contribution in [0.5, 0.6) is 5.75 Å². The van der Waals surface area contributed by atoms with Crippen LogP contribution in [-0.4, -0.2) is 45.8 Å². The Bertz CT molecular complexity index is 1230. The van der Waals surface area contributed by atoms with Gasteiger partial charge in [-0.2, -0.15) is 10.2 Å². The van der Waals surface area contributed by atoms with Gasteiger partial charge in [0.2, 0.25) is 10.3 Å². The molecule has 2 aromatic heterocycles. The predicted octanol–water partition coefficient (Wildman–Crippen LogP) is 5.14. The molecular formula is C23H24F4N6O3S. The van der Waals surface area contributed by atoms with Gasteiger partial charge in [-0.25, -0.2) is 4.39 Å². The van der Waals surface area contributed by atoms with Crippen molar-refractivity contribution < 1.29 is 31.8 Å². The van der Waals surface area contributed by atoms with Gasteiger partial charge in [0.05, 0.1) is 11.9 Å². The van der Waals surface area contributed by atoms with Crippen molar-refractivity contribution in [2.45, 2.75) is 57.0 Å². The number of anilines is 2. The summed E-state index contributed by atoms with van der Waals surface area (Å²) in [7, 11) is 1.13. The Morgan fingerprint density at radius 3 is 2.51 bits per heavy atom. The molecule has 0 radical (unpaired) electrons. The van der Waals surface area contributed by atoms with Crippen LogP contribution in [0.4, 0.5) is 27.8 Å². The number of nitrogens with one attached hydrogen (secondary N) is 2. The van der Waals surface area contributed by atoms with Gasteiger partial charge in [-0.3, -0.25) is 10.1 Å². The van der Waals surface area contributed by atoms with Gasteiger partial charge >= 0.3 is 6.36 Å². The lowest BCUT2D eigenvalue weighted by molar-refractivity contribution is -0.274. The lowest BCUT2D eigenvalue weighted by atomic mass is 9.84. The van der Waals surface area contributed by atoms with Crippen molar-refractivity contribution in [2.24, 2.45) is 0 Å². The first kappa shape index (κ1) is 26.7. The summed E-state index contributed by atoms with van der Waals surface area (Å²) in [6, 6.07) is 4.57. The number of ether oxygens (including phenoxy) is 2. The third kappa shape index (κ3) is 7.10. The van der Waals surface area contributed by atoms with Gasteiger partial charge in [-0.1, -0.05) is 11.3 Å². The van der Waals surface area contributed by atoms with Gasteiger partial charge in [0, 0.05) is 24.6 Å². The minimum Gasteiger partial charge on any atom is -0.406 e. The van der Waals surface area contributed by atoms with E-state index in [1.165, 1.54) is 0 Å². The van der Waals surface area contributed by atoms with E-state index in [1.807, 2.05) is 6.92 Å². The van der Waals surface area contributed by atoms with Crippen LogP contribution in [0.2, 0.25) is 0 Å². The van der Waals surface area contributed by atoms with Crippen LogP contribution in [0, 0.1) is 12.7 Å². The summed E-state index contributed by atoms with van der Waals surface area (Å²) in [5.74, 6) is -2.08. The molecule has 9 nitrogen and oxygen atoms in total. The van der Waals surface area contributed by atoms with E-state index in [1.54, 1.807) is 6.20 Å². The molecule has 1 aliphatic carbocycles. The highest BCUT2D eigenvalue weighted by molar-refractivity contribution is 7.19. The molecule has 37 heavy (non-hydrogen) atoms. The van der Waals surface area contributed by atoms with E-state index < -0.39 is 35.5 Å². The molecule has 1 atom stereocenters. The molecule has 4 rings (SSSR count). The van der Waals surface area contributed by atoms with Crippen LogP contribution in [0.3, 0.4) is 0 Å². The second kappa shape index (κ2) is 11.3. The minimum atomic E-state index is -4.97. The van der Waals surface area contributed by atoms with Gasteiger partial charge in [0.25, 0.3) is 5.91 Å². The number of rotatable bonds is 8. The second-order valence-corrected chi connectivity index (χ2v) is 9.58. The Morgan fingerprint density at radius 1 is 1.11 bits per heavy atom. The first-order valence-electron chi connectivity index (χ1n) is 11.4. The monoisotopic (exact) mass is 540 g/mol. The van der Waals surface area contributed by atoms with Gasteiger partial charge in [-0.05, 0) is 62.4 Å². The normalized spacial score (nSPS) is 18.8. The summed E-state index contributed by atoms with van der Waals surface area (Å²) in [5, 5.41) is 22.7. The number of aryl methyl sites for hydroxylation is 1. The molecule has 1 aliphatic rings. The van der Waals surface area contributed by atoms with E-state index in [9.17, 15) is 22.4 Å². The number of carbonyl (C=O) groups is 1. The van der Waals surface area contributed by atoms with E-state index in [0.29, 0.717) is 11.0 Å². The quantitative estimate of drug-likeness (QED) is 0.378. The smallest absolute Gasteiger partial charge is 0.406 e. The molecule has 14 heteroatoms. The maximum Gasteiger partial charge on any atom is 0.573 e. The molecular weight excluding hydrogens is 516 g/mol. The van der Waals surface area contributed by atoms with E-state index in [0.717, 1.165) is 73.6 Å². The summed E-state index contributed by atoms with van der Waals surface area (Å²) in [6.07, 6.45) is -1.12. The average Bonchev–Trinajstić information content (AvgIpc) is 3.27. The van der Waals surface area contributed by atoms with Crippen LogP contribution in [0.25, 0.3) is 0 Å². The third-order valence-corrected chi connectivity index (χ3v) is 6.67. The van der Waals surface area contributed by atoms with Gasteiger partial charge < -0.3 is 14.8 Å². The molecule has 0 saturated heterocycles. The predicted molar refractivity (Wildman–Crippen MR) is 127 cm³/mol. The van der Waals surface area contributed by atoms with E-state index in [4.69, 9.17) is 4.74 Å². The number of amides is 1. The molecule has 0 bridgehead atoms. The number of benzene rings is 1. The first-order valence-corrected chi connectivity index (χ1v) is 12.2. The first-order chi connectivity index (χ1) is 17.6. The van der Waals surface area contributed by atoms with Crippen molar-refractivity contribution in [1.82, 2.24) is 20.4 Å². The van der Waals surface area contributed by atoms with Gasteiger partial charge in [-0.15, -0.1) is 23.4 Å². The zero-order chi connectivity index (χ0) is 26.6. The standard InChI is InChI=1S/C23H24F4N6O3S/c1-12-9-18(31-28-11-12)13-3-5-14(6-4-13)29-21-32-33-22(37-21)30-20(34)19(35-2)16-10-15(7-8-17(16)24)36-23(25,26)27/h7-11,13-14,19H,3-6H2,1-2H3,(H,29,32)(H,30,33,34)/t13-,14+,19-/m0/s1. The number of halogens is 4. The number of carbonyl (C=O) groups excluding carboxylic acids is 1. The summed E-state index contributed by atoms with van der Waals surface area (Å²) in [5.41, 5.74) is 1.66. The number of hydrogen-bond donors (Lipinski definition) is 2. The Kier molecular flexibility index (Phi) is 8.17. The molecule has 2 N–H and O–H groups in total. The van der Waals surface area contributed by atoms with Crippen molar-refractivity contribution in [2.75, 3.05) is 17.7 Å². The number of aromatic nitrogens is 4. The SMILES string of the molecule is CO[C@H](C(=O)Nc1nnc(N[C@H]2CC[C@@H](c3cc(C)cnn3)CC2)s1)c1cc(OC(F)(F)F)ccc1F. The fourth-order valence-corrected chi connectivity index (χ4v) is 4.92. The molecule has 0 aliphatic heterocycles. The molecule has 1 aromatic carbocycles. The Balaban J connectivity index is 1.34. The largest absolute Gasteiger partial charge is 0.573 e. The highest BCUT2D eigenvalue weighted by atomic mass is 32.1. The topological polar surface area (TPSA) is 111 Å². The zero-order valence-corrected chi connectivity index (χ0v) is 20.7. The summed E-state index contributed by atoms with van der Waals surface area (Å²) in [6.45, 7) is 1.99. The minimum absolute atomic E-state index is 0.126. The molecule has 1 amide bonds. The Morgan fingerprint density at radius 2 is 1.84 bits per heavy atom. The summed E-state index contributed by atoms with van der Waals surface area (Å²) in [4.78, 5) is 12.7. The van der Waals surface area contributed by atoms with Crippen molar-refractivity contribution in [1.29, 1.82) is 0 Å². The van der Waals surface area contributed by atoms with E-state index >= 15 is 0 Å². The van der Waals surface area contributed by atoms with Crippen molar-refractivity contribution in [3.8, 4) is 5.75 Å².